The number of carbonyl (C=O) groups is 2. The summed E-state index contributed by atoms with van der Waals surface area (Å²) in [7, 11) is 3.88. The van der Waals surface area contributed by atoms with Gasteiger partial charge in [-0.05, 0) is 43.3 Å². The zero-order chi connectivity index (χ0) is 19.4. The van der Waals surface area contributed by atoms with Gasteiger partial charge >= 0.3 is 5.97 Å². The Kier molecular flexibility index (Phi) is 5.35. The SMILES string of the molecule is Cc1cc(C(=O)OCC(=O)Nc2ccc(N(C)C)cc2)c2ccccc2n1. The average Bonchev–Trinajstić information content (AvgIpc) is 2.65. The van der Waals surface area contributed by atoms with Crippen LogP contribution in [0.5, 0.6) is 0 Å². The van der Waals surface area contributed by atoms with E-state index in [-0.39, 0.29) is 6.61 Å². The van der Waals surface area contributed by atoms with Crippen LogP contribution in [0.1, 0.15) is 16.1 Å². The summed E-state index contributed by atoms with van der Waals surface area (Å²) in [6.07, 6.45) is 0. The minimum atomic E-state index is -0.546. The molecule has 138 valence electrons. The Morgan fingerprint density at radius 2 is 1.78 bits per heavy atom. The van der Waals surface area contributed by atoms with Gasteiger partial charge in [0.25, 0.3) is 5.91 Å². The zero-order valence-electron chi connectivity index (χ0n) is 15.5. The molecular formula is C21H21N3O3. The molecule has 1 N–H and O–H groups in total. The number of para-hydroxylation sites is 1. The number of esters is 1. The molecule has 0 radical (unpaired) electrons. The van der Waals surface area contributed by atoms with E-state index in [1.54, 1.807) is 18.2 Å². The fourth-order valence-corrected chi connectivity index (χ4v) is 2.73. The lowest BCUT2D eigenvalue weighted by Crippen LogP contribution is -2.21. The molecular weight excluding hydrogens is 342 g/mol. The summed E-state index contributed by atoms with van der Waals surface area (Å²) in [5.41, 5.74) is 3.51. The van der Waals surface area contributed by atoms with E-state index in [0.717, 1.165) is 11.2 Å². The summed E-state index contributed by atoms with van der Waals surface area (Å²) in [5.74, 6) is -0.939. The lowest BCUT2D eigenvalue weighted by Gasteiger charge is -2.13. The highest BCUT2D eigenvalue weighted by atomic mass is 16.5. The maximum absolute atomic E-state index is 12.5. The number of carbonyl (C=O) groups excluding carboxylic acids is 2. The predicted molar refractivity (Wildman–Crippen MR) is 106 cm³/mol. The number of nitrogens with one attached hydrogen (secondary N) is 1. The van der Waals surface area contributed by atoms with E-state index < -0.39 is 11.9 Å². The first-order chi connectivity index (χ1) is 12.9. The Balaban J connectivity index is 1.64. The van der Waals surface area contributed by atoms with Crippen LogP contribution >= 0.6 is 0 Å². The third-order valence-corrected chi connectivity index (χ3v) is 4.07. The molecule has 3 rings (SSSR count). The lowest BCUT2D eigenvalue weighted by molar-refractivity contribution is -0.119. The number of ether oxygens (including phenoxy) is 1. The number of benzene rings is 2. The second-order valence-corrected chi connectivity index (χ2v) is 6.39. The van der Waals surface area contributed by atoms with E-state index in [1.807, 2.05) is 62.3 Å². The van der Waals surface area contributed by atoms with Crippen LogP contribution in [0.3, 0.4) is 0 Å². The fraction of sp³-hybridized carbons (Fsp3) is 0.190. The van der Waals surface area contributed by atoms with Crippen LogP contribution in [-0.2, 0) is 9.53 Å². The standard InChI is InChI=1S/C21H21N3O3/c1-14-12-18(17-6-4-5-7-19(17)22-14)21(26)27-13-20(25)23-15-8-10-16(11-9-15)24(2)3/h4-12H,13H2,1-3H3,(H,23,25). The maximum atomic E-state index is 12.5. The third kappa shape index (κ3) is 4.41. The number of rotatable bonds is 5. The fourth-order valence-electron chi connectivity index (χ4n) is 2.73. The lowest BCUT2D eigenvalue weighted by atomic mass is 10.1. The molecule has 6 nitrogen and oxygen atoms in total. The van der Waals surface area contributed by atoms with Gasteiger partial charge in [-0.2, -0.15) is 0 Å². The molecule has 0 aliphatic rings. The molecule has 1 amide bonds. The minimum Gasteiger partial charge on any atom is -0.452 e. The van der Waals surface area contributed by atoms with Gasteiger partial charge in [0, 0.05) is 36.6 Å². The number of aryl methyl sites for hydroxylation is 1. The second kappa shape index (κ2) is 7.86. The Morgan fingerprint density at radius 3 is 2.48 bits per heavy atom. The van der Waals surface area contributed by atoms with Crippen molar-refractivity contribution in [3.63, 3.8) is 0 Å². The molecule has 0 fully saturated rings. The summed E-state index contributed by atoms with van der Waals surface area (Å²) in [4.78, 5) is 30.9. The molecule has 0 bridgehead atoms. The van der Waals surface area contributed by atoms with Crippen molar-refractivity contribution >= 4 is 34.2 Å². The van der Waals surface area contributed by atoms with E-state index in [9.17, 15) is 9.59 Å². The first-order valence-electron chi connectivity index (χ1n) is 8.55. The molecule has 0 spiro atoms. The number of hydrogen-bond donors (Lipinski definition) is 1. The van der Waals surface area contributed by atoms with E-state index >= 15 is 0 Å². The highest BCUT2D eigenvalue weighted by molar-refractivity contribution is 6.04. The molecule has 0 atom stereocenters. The second-order valence-electron chi connectivity index (χ2n) is 6.39. The molecule has 1 aromatic heterocycles. The normalized spacial score (nSPS) is 10.5. The molecule has 0 saturated carbocycles. The highest BCUT2D eigenvalue weighted by Gasteiger charge is 2.15. The molecule has 3 aromatic rings. The van der Waals surface area contributed by atoms with Gasteiger partial charge in [-0.1, -0.05) is 18.2 Å². The molecule has 27 heavy (non-hydrogen) atoms. The molecule has 0 aliphatic carbocycles. The van der Waals surface area contributed by atoms with E-state index in [4.69, 9.17) is 4.74 Å². The molecule has 0 aliphatic heterocycles. The Hall–Kier alpha value is -3.41. The first-order valence-corrected chi connectivity index (χ1v) is 8.55. The summed E-state index contributed by atoms with van der Waals surface area (Å²) < 4.78 is 5.20. The summed E-state index contributed by atoms with van der Waals surface area (Å²) >= 11 is 0. The van der Waals surface area contributed by atoms with Crippen molar-refractivity contribution in [2.45, 2.75) is 6.92 Å². The number of pyridine rings is 1. The monoisotopic (exact) mass is 363 g/mol. The van der Waals surface area contributed by atoms with Crippen LogP contribution in [0.4, 0.5) is 11.4 Å². The summed E-state index contributed by atoms with van der Waals surface area (Å²) in [6.45, 7) is 1.46. The topological polar surface area (TPSA) is 71.5 Å². The van der Waals surface area contributed by atoms with E-state index in [0.29, 0.717) is 22.3 Å². The molecule has 2 aromatic carbocycles. The summed E-state index contributed by atoms with van der Waals surface area (Å²) in [5, 5.41) is 3.42. The van der Waals surface area contributed by atoms with Crippen LogP contribution in [0.2, 0.25) is 0 Å². The van der Waals surface area contributed by atoms with Gasteiger partial charge in [-0.25, -0.2) is 4.79 Å². The van der Waals surface area contributed by atoms with Crippen molar-refractivity contribution in [2.24, 2.45) is 0 Å². The Morgan fingerprint density at radius 1 is 1.07 bits per heavy atom. The van der Waals surface area contributed by atoms with E-state index in [1.165, 1.54) is 0 Å². The molecule has 0 unspecified atom stereocenters. The maximum Gasteiger partial charge on any atom is 0.339 e. The Bertz CT molecular complexity index is 982. The highest BCUT2D eigenvalue weighted by Crippen LogP contribution is 2.19. The van der Waals surface area contributed by atoms with Crippen LogP contribution < -0.4 is 10.2 Å². The van der Waals surface area contributed by atoms with Gasteiger partial charge in [0.2, 0.25) is 0 Å². The number of anilines is 2. The molecule has 1 heterocycles. The average molecular weight is 363 g/mol. The first kappa shape index (κ1) is 18.4. The van der Waals surface area contributed by atoms with Gasteiger partial charge in [0.15, 0.2) is 6.61 Å². The number of aromatic nitrogens is 1. The molecule has 0 saturated heterocycles. The van der Waals surface area contributed by atoms with Crippen molar-refractivity contribution in [1.29, 1.82) is 0 Å². The Labute approximate surface area is 157 Å². The quantitative estimate of drug-likeness (QED) is 0.704. The number of amides is 1. The van der Waals surface area contributed by atoms with E-state index in [2.05, 4.69) is 10.3 Å². The van der Waals surface area contributed by atoms with Gasteiger partial charge in [-0.15, -0.1) is 0 Å². The number of nitrogens with zero attached hydrogens (tertiary/aromatic N) is 2. The van der Waals surface area contributed by atoms with Crippen LogP contribution in [0.15, 0.2) is 54.6 Å². The van der Waals surface area contributed by atoms with Gasteiger partial charge < -0.3 is 15.0 Å². The van der Waals surface area contributed by atoms with Crippen LogP contribution in [0, 0.1) is 6.92 Å². The van der Waals surface area contributed by atoms with Gasteiger partial charge in [0.05, 0.1) is 11.1 Å². The van der Waals surface area contributed by atoms with Crippen molar-refractivity contribution in [3.8, 4) is 0 Å². The predicted octanol–water partition coefficient (Wildman–Crippen LogP) is 3.40. The minimum absolute atomic E-state index is 0.357. The van der Waals surface area contributed by atoms with Crippen molar-refractivity contribution in [1.82, 2.24) is 4.98 Å². The van der Waals surface area contributed by atoms with Gasteiger partial charge in [-0.3, -0.25) is 9.78 Å². The van der Waals surface area contributed by atoms with Crippen molar-refractivity contribution in [3.05, 3.63) is 65.9 Å². The van der Waals surface area contributed by atoms with Crippen LogP contribution in [-0.4, -0.2) is 37.6 Å². The number of hydrogen-bond acceptors (Lipinski definition) is 5. The van der Waals surface area contributed by atoms with Crippen LogP contribution in [0.25, 0.3) is 10.9 Å². The molecule has 6 heteroatoms. The number of fused-ring (bicyclic) bond motifs is 1. The van der Waals surface area contributed by atoms with Crippen molar-refractivity contribution < 1.29 is 14.3 Å². The van der Waals surface area contributed by atoms with Gasteiger partial charge in [0.1, 0.15) is 0 Å². The summed E-state index contributed by atoms with van der Waals surface area (Å²) in [6, 6.07) is 16.4. The smallest absolute Gasteiger partial charge is 0.339 e. The van der Waals surface area contributed by atoms with Crippen molar-refractivity contribution in [2.75, 3.05) is 30.9 Å². The largest absolute Gasteiger partial charge is 0.452 e. The zero-order valence-corrected chi connectivity index (χ0v) is 15.5. The third-order valence-electron chi connectivity index (χ3n) is 4.07.